The fraction of sp³-hybridized carbons (Fsp3) is 0.333. The van der Waals surface area contributed by atoms with Gasteiger partial charge in [0.25, 0.3) is 0 Å². The van der Waals surface area contributed by atoms with Crippen LogP contribution in [-0.2, 0) is 9.59 Å². The molecule has 0 heterocycles. The fourth-order valence-electron chi connectivity index (χ4n) is 2.81. The van der Waals surface area contributed by atoms with Crippen LogP contribution in [0.5, 0.6) is 0 Å². The van der Waals surface area contributed by atoms with E-state index < -0.39 is 0 Å². The number of benzene rings is 2. The average Bonchev–Trinajstić information content (AvgIpc) is 2.64. The Bertz CT molecular complexity index is 710. The van der Waals surface area contributed by atoms with Gasteiger partial charge in [0.1, 0.15) is 6.42 Å². The standard InChI is InChI=1S/C21H27N3O2/c1-4-24(5-2)19-13-11-18(12-14-19)23-21(26)15-20(25)22-16(3)17-9-7-6-8-10-17/h6-14,16H,4-5,15H2,1-3H3,(H,22,25)(H,23,26). The largest absolute Gasteiger partial charge is 0.372 e. The van der Waals surface area contributed by atoms with Crippen molar-refractivity contribution >= 4 is 23.2 Å². The lowest BCUT2D eigenvalue weighted by Gasteiger charge is -2.21. The third kappa shape index (κ3) is 5.62. The van der Waals surface area contributed by atoms with Crippen molar-refractivity contribution < 1.29 is 9.59 Å². The van der Waals surface area contributed by atoms with Crippen molar-refractivity contribution in [1.29, 1.82) is 0 Å². The molecule has 2 aromatic carbocycles. The van der Waals surface area contributed by atoms with Gasteiger partial charge in [-0.25, -0.2) is 0 Å². The van der Waals surface area contributed by atoms with Crippen molar-refractivity contribution in [3.8, 4) is 0 Å². The first-order valence-electron chi connectivity index (χ1n) is 9.02. The molecule has 26 heavy (non-hydrogen) atoms. The van der Waals surface area contributed by atoms with Gasteiger partial charge in [0.2, 0.25) is 11.8 Å². The molecule has 0 saturated carbocycles. The van der Waals surface area contributed by atoms with Crippen LogP contribution in [-0.4, -0.2) is 24.9 Å². The second-order valence-corrected chi connectivity index (χ2v) is 6.14. The summed E-state index contributed by atoms with van der Waals surface area (Å²) in [5, 5.41) is 5.62. The lowest BCUT2D eigenvalue weighted by Crippen LogP contribution is -2.30. The summed E-state index contributed by atoms with van der Waals surface area (Å²) in [5.74, 6) is -0.614. The minimum absolute atomic E-state index is 0.134. The molecule has 0 aliphatic rings. The molecule has 2 aromatic rings. The number of anilines is 2. The molecule has 1 unspecified atom stereocenters. The van der Waals surface area contributed by atoms with E-state index in [2.05, 4.69) is 29.4 Å². The molecule has 1 atom stereocenters. The Hall–Kier alpha value is -2.82. The molecule has 0 fully saturated rings. The second-order valence-electron chi connectivity index (χ2n) is 6.14. The van der Waals surface area contributed by atoms with Crippen molar-refractivity contribution in [1.82, 2.24) is 5.32 Å². The SMILES string of the molecule is CCN(CC)c1ccc(NC(=O)CC(=O)NC(C)c2ccccc2)cc1. The molecule has 0 saturated heterocycles. The zero-order valence-corrected chi connectivity index (χ0v) is 15.7. The zero-order valence-electron chi connectivity index (χ0n) is 15.7. The predicted molar refractivity (Wildman–Crippen MR) is 106 cm³/mol. The van der Waals surface area contributed by atoms with Gasteiger partial charge in [-0.05, 0) is 50.6 Å². The quantitative estimate of drug-likeness (QED) is 0.711. The van der Waals surface area contributed by atoms with Gasteiger partial charge in [0.05, 0.1) is 6.04 Å². The number of nitrogens with one attached hydrogen (secondary N) is 2. The van der Waals surface area contributed by atoms with E-state index in [9.17, 15) is 9.59 Å². The molecule has 0 spiro atoms. The van der Waals surface area contributed by atoms with Gasteiger partial charge in [-0.15, -0.1) is 0 Å². The highest BCUT2D eigenvalue weighted by Gasteiger charge is 2.13. The molecule has 0 radical (unpaired) electrons. The van der Waals surface area contributed by atoms with E-state index in [1.165, 1.54) is 0 Å². The Morgan fingerprint density at radius 1 is 0.923 bits per heavy atom. The summed E-state index contributed by atoms with van der Waals surface area (Å²) in [6, 6.07) is 17.2. The summed E-state index contributed by atoms with van der Waals surface area (Å²) in [5.41, 5.74) is 2.81. The fourth-order valence-corrected chi connectivity index (χ4v) is 2.81. The van der Waals surface area contributed by atoms with Gasteiger partial charge in [0.15, 0.2) is 0 Å². The van der Waals surface area contributed by atoms with Crippen molar-refractivity contribution in [3.05, 3.63) is 60.2 Å². The summed E-state index contributed by atoms with van der Waals surface area (Å²) < 4.78 is 0. The van der Waals surface area contributed by atoms with E-state index in [-0.39, 0.29) is 24.3 Å². The van der Waals surface area contributed by atoms with Crippen LogP contribution in [0.4, 0.5) is 11.4 Å². The number of hydrogen-bond donors (Lipinski definition) is 2. The Morgan fingerprint density at radius 2 is 1.54 bits per heavy atom. The normalized spacial score (nSPS) is 11.5. The first kappa shape index (κ1) is 19.5. The maximum Gasteiger partial charge on any atom is 0.233 e. The van der Waals surface area contributed by atoms with E-state index in [1.54, 1.807) is 0 Å². The molecule has 0 aliphatic heterocycles. The van der Waals surface area contributed by atoms with Gasteiger partial charge >= 0.3 is 0 Å². The van der Waals surface area contributed by atoms with E-state index >= 15 is 0 Å². The Balaban J connectivity index is 1.85. The third-order valence-corrected chi connectivity index (χ3v) is 4.28. The smallest absolute Gasteiger partial charge is 0.233 e. The van der Waals surface area contributed by atoms with Crippen molar-refractivity contribution in [2.75, 3.05) is 23.3 Å². The highest BCUT2D eigenvalue weighted by molar-refractivity contribution is 6.03. The van der Waals surface area contributed by atoms with Crippen molar-refractivity contribution in [3.63, 3.8) is 0 Å². The molecular formula is C21H27N3O2. The van der Waals surface area contributed by atoms with Gasteiger partial charge < -0.3 is 15.5 Å². The van der Waals surface area contributed by atoms with E-state index in [0.717, 1.165) is 24.3 Å². The highest BCUT2D eigenvalue weighted by Crippen LogP contribution is 2.18. The predicted octanol–water partition coefficient (Wildman–Crippen LogP) is 3.74. The van der Waals surface area contributed by atoms with Crippen LogP contribution in [0.1, 0.15) is 38.8 Å². The van der Waals surface area contributed by atoms with Crippen LogP contribution in [0.2, 0.25) is 0 Å². The zero-order chi connectivity index (χ0) is 18.9. The second kappa shape index (κ2) is 9.61. The van der Waals surface area contributed by atoms with Gasteiger partial charge in [-0.2, -0.15) is 0 Å². The topological polar surface area (TPSA) is 61.4 Å². The van der Waals surface area contributed by atoms with E-state index in [1.807, 2.05) is 61.5 Å². The molecule has 2 N–H and O–H groups in total. The molecule has 2 amide bonds. The van der Waals surface area contributed by atoms with Gasteiger partial charge in [-0.3, -0.25) is 9.59 Å². The summed E-state index contributed by atoms with van der Waals surface area (Å²) in [4.78, 5) is 26.4. The summed E-state index contributed by atoms with van der Waals surface area (Å²) in [6.07, 6.45) is -0.199. The molecule has 0 bridgehead atoms. The van der Waals surface area contributed by atoms with Crippen LogP contribution < -0.4 is 15.5 Å². The minimum Gasteiger partial charge on any atom is -0.372 e. The molecule has 5 heteroatoms. The summed E-state index contributed by atoms with van der Waals surface area (Å²) in [6.45, 7) is 7.98. The molecule has 0 aliphatic carbocycles. The van der Waals surface area contributed by atoms with Crippen LogP contribution in [0, 0.1) is 0 Å². The number of rotatable bonds is 8. The lowest BCUT2D eigenvalue weighted by atomic mass is 10.1. The van der Waals surface area contributed by atoms with Gasteiger partial charge in [0, 0.05) is 24.5 Å². The molecule has 138 valence electrons. The van der Waals surface area contributed by atoms with E-state index in [0.29, 0.717) is 5.69 Å². The lowest BCUT2D eigenvalue weighted by molar-refractivity contribution is -0.127. The Morgan fingerprint density at radius 3 is 2.12 bits per heavy atom. The van der Waals surface area contributed by atoms with E-state index in [4.69, 9.17) is 0 Å². The average molecular weight is 353 g/mol. The monoisotopic (exact) mass is 353 g/mol. The number of carbonyl (C=O) groups excluding carboxylic acids is 2. The van der Waals surface area contributed by atoms with Crippen LogP contribution >= 0.6 is 0 Å². The third-order valence-electron chi connectivity index (χ3n) is 4.28. The maximum absolute atomic E-state index is 12.1. The minimum atomic E-state index is -0.321. The number of nitrogens with zero attached hydrogens (tertiary/aromatic N) is 1. The van der Waals surface area contributed by atoms with Crippen molar-refractivity contribution in [2.24, 2.45) is 0 Å². The maximum atomic E-state index is 12.1. The number of hydrogen-bond acceptors (Lipinski definition) is 3. The highest BCUT2D eigenvalue weighted by atomic mass is 16.2. The molecule has 0 aromatic heterocycles. The first-order chi connectivity index (χ1) is 12.5. The van der Waals surface area contributed by atoms with Crippen LogP contribution in [0.25, 0.3) is 0 Å². The Kier molecular flexibility index (Phi) is 7.21. The number of amides is 2. The van der Waals surface area contributed by atoms with Crippen molar-refractivity contribution in [2.45, 2.75) is 33.2 Å². The van der Waals surface area contributed by atoms with Gasteiger partial charge in [-0.1, -0.05) is 30.3 Å². The first-order valence-corrected chi connectivity index (χ1v) is 9.02. The Labute approximate surface area is 155 Å². The molecule has 2 rings (SSSR count). The van der Waals surface area contributed by atoms with Crippen LogP contribution in [0.15, 0.2) is 54.6 Å². The molecular weight excluding hydrogens is 326 g/mol. The number of carbonyl (C=O) groups is 2. The molecule has 5 nitrogen and oxygen atoms in total. The summed E-state index contributed by atoms with van der Waals surface area (Å²) in [7, 11) is 0. The van der Waals surface area contributed by atoms with Crippen LogP contribution in [0.3, 0.4) is 0 Å². The summed E-state index contributed by atoms with van der Waals surface area (Å²) >= 11 is 0.